The zero-order chi connectivity index (χ0) is 12.4. The molecule has 0 amide bonds. The predicted molar refractivity (Wildman–Crippen MR) is 60.2 cm³/mol. The summed E-state index contributed by atoms with van der Waals surface area (Å²) in [6.07, 6.45) is 3.11. The Bertz CT molecular complexity index is 536. The van der Waals surface area contributed by atoms with Gasteiger partial charge in [-0.15, -0.1) is 0 Å². The van der Waals surface area contributed by atoms with Gasteiger partial charge in [-0.1, -0.05) is 0 Å². The first-order valence-corrected chi connectivity index (χ1v) is 5.23. The van der Waals surface area contributed by atoms with Gasteiger partial charge in [0.25, 0.3) is 0 Å². The zero-order valence-electron chi connectivity index (χ0n) is 9.54. The van der Waals surface area contributed by atoms with E-state index in [1.165, 1.54) is 10.8 Å². The van der Waals surface area contributed by atoms with Gasteiger partial charge < -0.3 is 5.32 Å². The molecule has 0 fully saturated rings. The highest BCUT2D eigenvalue weighted by Crippen LogP contribution is 2.19. The summed E-state index contributed by atoms with van der Waals surface area (Å²) in [6.45, 7) is 4.04. The second kappa shape index (κ2) is 4.48. The highest BCUT2D eigenvalue weighted by atomic mass is 19.1. The number of nitrogens with zero attached hydrogens (tertiary/aromatic N) is 3. The number of halogens is 2. The smallest absolute Gasteiger partial charge is 0.176 e. The number of aryl methyl sites for hydroxylation is 1. The Balaban J connectivity index is 2.54. The van der Waals surface area contributed by atoms with E-state index in [2.05, 4.69) is 15.3 Å². The fraction of sp³-hybridized carbons (Fsp3) is 0.273. The summed E-state index contributed by atoms with van der Waals surface area (Å²) in [5.74, 6) is -0.754. The third-order valence-corrected chi connectivity index (χ3v) is 2.31. The van der Waals surface area contributed by atoms with Gasteiger partial charge >= 0.3 is 0 Å². The molecule has 4 nitrogen and oxygen atoms in total. The lowest BCUT2D eigenvalue weighted by Gasteiger charge is -2.09. The summed E-state index contributed by atoms with van der Waals surface area (Å²) in [5.41, 5.74) is 0. The number of imidazole rings is 1. The van der Waals surface area contributed by atoms with Crippen molar-refractivity contribution in [3.05, 3.63) is 35.9 Å². The van der Waals surface area contributed by atoms with Crippen LogP contribution in [0.2, 0.25) is 0 Å². The maximum atomic E-state index is 13.6. The molecule has 0 atom stereocenters. The maximum absolute atomic E-state index is 13.6. The lowest BCUT2D eigenvalue weighted by Crippen LogP contribution is -2.08. The third-order valence-electron chi connectivity index (χ3n) is 2.31. The molecule has 0 saturated heterocycles. The van der Waals surface area contributed by atoms with Crippen LogP contribution < -0.4 is 5.32 Å². The van der Waals surface area contributed by atoms with Crippen LogP contribution in [0.25, 0.3) is 5.82 Å². The average Bonchev–Trinajstić information content (AvgIpc) is 2.69. The second-order valence-corrected chi connectivity index (χ2v) is 3.50. The van der Waals surface area contributed by atoms with Crippen LogP contribution in [0.5, 0.6) is 0 Å². The van der Waals surface area contributed by atoms with Crippen LogP contribution in [0, 0.1) is 18.6 Å². The Kier molecular flexibility index (Phi) is 3.03. The van der Waals surface area contributed by atoms with Crippen molar-refractivity contribution in [3.8, 4) is 5.82 Å². The van der Waals surface area contributed by atoms with Gasteiger partial charge in [0, 0.05) is 25.0 Å². The minimum atomic E-state index is -0.717. The number of pyridine rings is 1. The van der Waals surface area contributed by atoms with Crippen LogP contribution in [-0.4, -0.2) is 21.1 Å². The fourth-order valence-electron chi connectivity index (χ4n) is 1.52. The molecule has 0 aromatic carbocycles. The molecule has 17 heavy (non-hydrogen) atoms. The molecular formula is C11H12F2N4. The van der Waals surface area contributed by atoms with Gasteiger partial charge in [-0.2, -0.15) is 0 Å². The predicted octanol–water partition coefficient (Wildman–Crippen LogP) is 2.29. The minimum absolute atomic E-state index is 0.0389. The zero-order valence-corrected chi connectivity index (χ0v) is 9.54. The van der Waals surface area contributed by atoms with E-state index in [1.54, 1.807) is 13.1 Å². The molecule has 0 spiro atoms. The van der Waals surface area contributed by atoms with Gasteiger partial charge in [-0.25, -0.2) is 18.7 Å². The van der Waals surface area contributed by atoms with Crippen molar-refractivity contribution in [1.82, 2.24) is 14.5 Å². The molecule has 2 aromatic heterocycles. The van der Waals surface area contributed by atoms with E-state index in [0.29, 0.717) is 12.4 Å². The standard InChI is InChI=1S/C11H12F2N4/c1-3-14-10-8(12)6-9(13)11(16-10)17-5-4-15-7(17)2/h4-6H,3H2,1-2H3,(H,14,16). The van der Waals surface area contributed by atoms with Crippen molar-refractivity contribution in [2.75, 3.05) is 11.9 Å². The van der Waals surface area contributed by atoms with Crippen molar-refractivity contribution in [3.63, 3.8) is 0 Å². The summed E-state index contributed by atoms with van der Waals surface area (Å²) in [5, 5.41) is 2.74. The fourth-order valence-corrected chi connectivity index (χ4v) is 1.52. The molecule has 2 rings (SSSR count). The molecule has 0 unspecified atom stereocenters. The Morgan fingerprint density at radius 3 is 2.71 bits per heavy atom. The molecular weight excluding hydrogens is 226 g/mol. The number of nitrogens with one attached hydrogen (secondary N) is 1. The molecule has 0 aliphatic rings. The van der Waals surface area contributed by atoms with Gasteiger partial charge in [0.2, 0.25) is 0 Å². The average molecular weight is 238 g/mol. The largest absolute Gasteiger partial charge is 0.368 e. The highest BCUT2D eigenvalue weighted by Gasteiger charge is 2.14. The summed E-state index contributed by atoms with van der Waals surface area (Å²) in [7, 11) is 0. The van der Waals surface area contributed by atoms with Gasteiger partial charge in [0.05, 0.1) is 0 Å². The van der Waals surface area contributed by atoms with Crippen LogP contribution in [0.3, 0.4) is 0 Å². The quantitative estimate of drug-likeness (QED) is 0.892. The topological polar surface area (TPSA) is 42.7 Å². The number of hydrogen-bond donors (Lipinski definition) is 1. The van der Waals surface area contributed by atoms with Crippen LogP contribution >= 0.6 is 0 Å². The Morgan fingerprint density at radius 2 is 2.12 bits per heavy atom. The summed E-state index contributed by atoms with van der Waals surface area (Å²) >= 11 is 0. The first-order valence-electron chi connectivity index (χ1n) is 5.23. The van der Waals surface area contributed by atoms with Crippen molar-refractivity contribution in [1.29, 1.82) is 0 Å². The van der Waals surface area contributed by atoms with E-state index in [-0.39, 0.29) is 11.6 Å². The molecule has 1 N–H and O–H groups in total. The van der Waals surface area contributed by atoms with Crippen molar-refractivity contribution < 1.29 is 8.78 Å². The van der Waals surface area contributed by atoms with Crippen LogP contribution in [0.4, 0.5) is 14.6 Å². The van der Waals surface area contributed by atoms with Crippen molar-refractivity contribution >= 4 is 5.82 Å². The lowest BCUT2D eigenvalue weighted by atomic mass is 10.4. The molecule has 90 valence electrons. The number of hydrogen-bond acceptors (Lipinski definition) is 3. The van der Waals surface area contributed by atoms with E-state index in [0.717, 1.165) is 6.07 Å². The lowest BCUT2D eigenvalue weighted by molar-refractivity contribution is 0.567. The highest BCUT2D eigenvalue weighted by molar-refractivity contribution is 5.42. The third kappa shape index (κ3) is 2.11. The first kappa shape index (κ1) is 11.5. The number of aromatic nitrogens is 3. The monoisotopic (exact) mass is 238 g/mol. The van der Waals surface area contributed by atoms with Crippen LogP contribution in [0.1, 0.15) is 12.7 Å². The van der Waals surface area contributed by atoms with Gasteiger partial charge in [0.1, 0.15) is 5.82 Å². The normalized spacial score (nSPS) is 10.6. The van der Waals surface area contributed by atoms with Crippen molar-refractivity contribution in [2.24, 2.45) is 0 Å². The van der Waals surface area contributed by atoms with E-state index in [1.807, 2.05) is 6.92 Å². The van der Waals surface area contributed by atoms with Gasteiger partial charge in [0.15, 0.2) is 23.3 Å². The number of anilines is 1. The van der Waals surface area contributed by atoms with E-state index < -0.39 is 11.6 Å². The SMILES string of the molecule is CCNc1nc(-n2ccnc2C)c(F)cc1F. The van der Waals surface area contributed by atoms with Crippen LogP contribution in [-0.2, 0) is 0 Å². The summed E-state index contributed by atoms with van der Waals surface area (Å²) < 4.78 is 28.5. The Hall–Kier alpha value is -1.98. The second-order valence-electron chi connectivity index (χ2n) is 3.50. The molecule has 0 saturated carbocycles. The van der Waals surface area contributed by atoms with Gasteiger partial charge in [-0.05, 0) is 13.8 Å². The molecule has 0 bridgehead atoms. The number of rotatable bonds is 3. The Morgan fingerprint density at radius 1 is 1.35 bits per heavy atom. The van der Waals surface area contributed by atoms with E-state index in [9.17, 15) is 8.78 Å². The molecule has 6 heteroatoms. The molecule has 0 aliphatic heterocycles. The van der Waals surface area contributed by atoms with Gasteiger partial charge in [-0.3, -0.25) is 4.57 Å². The minimum Gasteiger partial charge on any atom is -0.368 e. The summed E-state index contributed by atoms with van der Waals surface area (Å²) in [4.78, 5) is 7.90. The van der Waals surface area contributed by atoms with E-state index >= 15 is 0 Å². The maximum Gasteiger partial charge on any atom is 0.176 e. The van der Waals surface area contributed by atoms with Crippen LogP contribution in [0.15, 0.2) is 18.5 Å². The van der Waals surface area contributed by atoms with Crippen molar-refractivity contribution in [2.45, 2.75) is 13.8 Å². The summed E-state index contributed by atoms with van der Waals surface area (Å²) in [6, 6.07) is 0.819. The molecule has 0 aliphatic carbocycles. The molecule has 2 aromatic rings. The van der Waals surface area contributed by atoms with E-state index in [4.69, 9.17) is 0 Å². The molecule has 0 radical (unpaired) electrons. The first-order chi connectivity index (χ1) is 8.13. The molecule has 2 heterocycles. The Labute approximate surface area is 97.3 Å².